The molecule has 0 atom stereocenters. The van der Waals surface area contributed by atoms with Gasteiger partial charge in [0.2, 0.25) is 0 Å². The lowest BCUT2D eigenvalue weighted by Gasteiger charge is -2.08. The SMILES string of the molecule is Cc1cccc(NC(=O)NCc2ccc(C)c(F)c2)c1. The monoisotopic (exact) mass is 272 g/mol. The molecule has 0 spiro atoms. The van der Waals surface area contributed by atoms with E-state index >= 15 is 0 Å². The molecule has 0 aliphatic heterocycles. The van der Waals surface area contributed by atoms with E-state index in [0.29, 0.717) is 5.56 Å². The van der Waals surface area contributed by atoms with Crippen LogP contribution in [0.2, 0.25) is 0 Å². The summed E-state index contributed by atoms with van der Waals surface area (Å²) in [7, 11) is 0. The first-order valence-electron chi connectivity index (χ1n) is 6.41. The van der Waals surface area contributed by atoms with Gasteiger partial charge in [0, 0.05) is 12.2 Å². The molecular formula is C16H17FN2O. The number of halogens is 1. The fraction of sp³-hybridized carbons (Fsp3) is 0.188. The van der Waals surface area contributed by atoms with E-state index < -0.39 is 0 Å². The van der Waals surface area contributed by atoms with Crippen LogP contribution in [0.4, 0.5) is 14.9 Å². The Morgan fingerprint density at radius 3 is 2.65 bits per heavy atom. The Morgan fingerprint density at radius 2 is 1.95 bits per heavy atom. The van der Waals surface area contributed by atoms with Gasteiger partial charge in [-0.05, 0) is 48.7 Å². The smallest absolute Gasteiger partial charge is 0.319 e. The molecule has 4 heteroatoms. The minimum atomic E-state index is -0.309. The van der Waals surface area contributed by atoms with Crippen LogP contribution in [0.1, 0.15) is 16.7 Å². The molecule has 0 aromatic heterocycles. The number of benzene rings is 2. The Balaban J connectivity index is 1.90. The summed E-state index contributed by atoms with van der Waals surface area (Å²) >= 11 is 0. The van der Waals surface area contributed by atoms with Crippen molar-refractivity contribution in [2.45, 2.75) is 20.4 Å². The third kappa shape index (κ3) is 3.82. The molecule has 104 valence electrons. The van der Waals surface area contributed by atoms with E-state index in [9.17, 15) is 9.18 Å². The molecule has 2 rings (SSSR count). The molecule has 0 saturated carbocycles. The quantitative estimate of drug-likeness (QED) is 0.877. The van der Waals surface area contributed by atoms with Gasteiger partial charge in [0.05, 0.1) is 0 Å². The number of hydrogen-bond donors (Lipinski definition) is 2. The molecule has 0 heterocycles. The average molecular weight is 272 g/mol. The lowest BCUT2D eigenvalue weighted by Crippen LogP contribution is -2.28. The largest absolute Gasteiger partial charge is 0.334 e. The highest BCUT2D eigenvalue weighted by atomic mass is 19.1. The topological polar surface area (TPSA) is 41.1 Å². The maximum absolute atomic E-state index is 13.4. The van der Waals surface area contributed by atoms with Gasteiger partial charge in [0.25, 0.3) is 0 Å². The Labute approximate surface area is 117 Å². The van der Waals surface area contributed by atoms with Gasteiger partial charge in [-0.25, -0.2) is 9.18 Å². The van der Waals surface area contributed by atoms with Crippen LogP contribution in [0.25, 0.3) is 0 Å². The summed E-state index contributed by atoms with van der Waals surface area (Å²) in [6.07, 6.45) is 0. The van der Waals surface area contributed by atoms with E-state index in [-0.39, 0.29) is 18.4 Å². The standard InChI is InChI=1S/C16H17FN2O/c1-11-4-3-5-14(8-11)19-16(20)18-10-13-7-6-12(2)15(17)9-13/h3-9H,10H2,1-2H3,(H2,18,19,20). The van der Waals surface area contributed by atoms with E-state index in [2.05, 4.69) is 10.6 Å². The molecule has 0 bridgehead atoms. The summed E-state index contributed by atoms with van der Waals surface area (Å²) in [5.74, 6) is -0.261. The first-order valence-corrected chi connectivity index (χ1v) is 6.41. The predicted molar refractivity (Wildman–Crippen MR) is 78.2 cm³/mol. The first-order chi connectivity index (χ1) is 9.54. The molecule has 0 aliphatic rings. The number of carbonyl (C=O) groups excluding carboxylic acids is 1. The number of carbonyl (C=O) groups is 1. The van der Waals surface area contributed by atoms with Gasteiger partial charge in [-0.1, -0.05) is 24.3 Å². The highest BCUT2D eigenvalue weighted by Gasteiger charge is 2.03. The minimum absolute atomic E-state index is 0.261. The number of rotatable bonds is 3. The predicted octanol–water partition coefficient (Wildman–Crippen LogP) is 3.76. The summed E-state index contributed by atoms with van der Waals surface area (Å²) in [6.45, 7) is 3.95. The van der Waals surface area contributed by atoms with Gasteiger partial charge in [-0.15, -0.1) is 0 Å². The Kier molecular flexibility index (Phi) is 4.35. The summed E-state index contributed by atoms with van der Waals surface area (Å²) in [5.41, 5.74) is 3.13. The number of urea groups is 1. The molecule has 0 aliphatic carbocycles. The first kappa shape index (κ1) is 14.1. The number of aryl methyl sites for hydroxylation is 2. The summed E-state index contributed by atoms with van der Waals surface area (Å²) in [6, 6.07) is 12.1. The second-order valence-corrected chi connectivity index (χ2v) is 4.76. The van der Waals surface area contributed by atoms with Crippen LogP contribution >= 0.6 is 0 Å². The second-order valence-electron chi connectivity index (χ2n) is 4.76. The summed E-state index contributed by atoms with van der Waals surface area (Å²) in [5, 5.41) is 5.43. The van der Waals surface area contributed by atoms with E-state index in [0.717, 1.165) is 16.8 Å². The second kappa shape index (κ2) is 6.19. The van der Waals surface area contributed by atoms with Crippen molar-refractivity contribution in [1.29, 1.82) is 0 Å². The van der Waals surface area contributed by atoms with Gasteiger partial charge in [0.1, 0.15) is 5.82 Å². The normalized spacial score (nSPS) is 10.2. The molecule has 2 N–H and O–H groups in total. The molecule has 0 unspecified atom stereocenters. The summed E-state index contributed by atoms with van der Waals surface area (Å²) < 4.78 is 13.4. The Hall–Kier alpha value is -2.36. The zero-order chi connectivity index (χ0) is 14.5. The lowest BCUT2D eigenvalue weighted by atomic mass is 10.1. The van der Waals surface area contributed by atoms with Crippen molar-refractivity contribution in [2.24, 2.45) is 0 Å². The minimum Gasteiger partial charge on any atom is -0.334 e. The van der Waals surface area contributed by atoms with E-state index in [1.54, 1.807) is 19.1 Å². The summed E-state index contributed by atoms with van der Waals surface area (Å²) in [4.78, 5) is 11.7. The van der Waals surface area contributed by atoms with Crippen LogP contribution in [0.5, 0.6) is 0 Å². The molecule has 0 radical (unpaired) electrons. The fourth-order valence-electron chi connectivity index (χ4n) is 1.83. The van der Waals surface area contributed by atoms with Gasteiger partial charge in [0.15, 0.2) is 0 Å². The van der Waals surface area contributed by atoms with Crippen molar-refractivity contribution in [3.05, 3.63) is 65.0 Å². The van der Waals surface area contributed by atoms with Crippen molar-refractivity contribution >= 4 is 11.7 Å². The van der Waals surface area contributed by atoms with Crippen molar-refractivity contribution < 1.29 is 9.18 Å². The maximum Gasteiger partial charge on any atom is 0.319 e. The van der Waals surface area contributed by atoms with Crippen LogP contribution in [0.15, 0.2) is 42.5 Å². The van der Waals surface area contributed by atoms with Crippen LogP contribution in [0.3, 0.4) is 0 Å². The molecule has 2 amide bonds. The van der Waals surface area contributed by atoms with Gasteiger partial charge in [-0.2, -0.15) is 0 Å². The van der Waals surface area contributed by atoms with Crippen molar-refractivity contribution in [1.82, 2.24) is 5.32 Å². The van der Waals surface area contributed by atoms with Crippen LogP contribution < -0.4 is 10.6 Å². The van der Waals surface area contributed by atoms with E-state index in [4.69, 9.17) is 0 Å². The van der Waals surface area contributed by atoms with E-state index in [1.807, 2.05) is 31.2 Å². The van der Waals surface area contributed by atoms with Crippen molar-refractivity contribution in [2.75, 3.05) is 5.32 Å². The number of anilines is 1. The average Bonchev–Trinajstić information content (AvgIpc) is 2.40. The fourth-order valence-corrected chi connectivity index (χ4v) is 1.83. The lowest BCUT2D eigenvalue weighted by molar-refractivity contribution is 0.251. The number of hydrogen-bond acceptors (Lipinski definition) is 1. The molecule has 2 aromatic carbocycles. The van der Waals surface area contributed by atoms with Crippen LogP contribution in [0, 0.1) is 19.7 Å². The molecule has 2 aromatic rings. The van der Waals surface area contributed by atoms with Gasteiger partial charge < -0.3 is 10.6 Å². The van der Waals surface area contributed by atoms with Crippen LogP contribution in [-0.2, 0) is 6.54 Å². The van der Waals surface area contributed by atoms with Crippen molar-refractivity contribution in [3.8, 4) is 0 Å². The molecule has 0 fully saturated rings. The van der Waals surface area contributed by atoms with E-state index in [1.165, 1.54) is 6.07 Å². The molecule has 0 saturated heterocycles. The highest BCUT2D eigenvalue weighted by molar-refractivity contribution is 5.89. The van der Waals surface area contributed by atoms with Gasteiger partial charge in [-0.3, -0.25) is 0 Å². The highest BCUT2D eigenvalue weighted by Crippen LogP contribution is 2.10. The third-order valence-electron chi connectivity index (χ3n) is 2.97. The maximum atomic E-state index is 13.4. The number of amides is 2. The van der Waals surface area contributed by atoms with Crippen molar-refractivity contribution in [3.63, 3.8) is 0 Å². The van der Waals surface area contributed by atoms with Crippen LogP contribution in [-0.4, -0.2) is 6.03 Å². The molecule has 20 heavy (non-hydrogen) atoms. The number of nitrogens with one attached hydrogen (secondary N) is 2. The zero-order valence-electron chi connectivity index (χ0n) is 11.5. The Morgan fingerprint density at radius 1 is 1.15 bits per heavy atom. The third-order valence-corrected chi connectivity index (χ3v) is 2.97. The Bertz CT molecular complexity index is 626. The molecule has 3 nitrogen and oxygen atoms in total. The molecular weight excluding hydrogens is 255 g/mol. The zero-order valence-corrected chi connectivity index (χ0v) is 11.5. The van der Waals surface area contributed by atoms with Gasteiger partial charge >= 0.3 is 6.03 Å².